The van der Waals surface area contributed by atoms with E-state index >= 15 is 0 Å². The molecule has 2 amide bonds. The Morgan fingerprint density at radius 3 is 2.40 bits per heavy atom. The molecule has 2 heterocycles. The molecule has 1 saturated heterocycles. The summed E-state index contributed by atoms with van der Waals surface area (Å²) in [6.45, 7) is 5.19. The lowest BCUT2D eigenvalue weighted by atomic mass is 9.94. The summed E-state index contributed by atoms with van der Waals surface area (Å²) < 4.78 is 1.90. The molecule has 1 aliphatic rings. The summed E-state index contributed by atoms with van der Waals surface area (Å²) >= 11 is 0. The highest BCUT2D eigenvalue weighted by Gasteiger charge is 2.29. The van der Waals surface area contributed by atoms with E-state index < -0.39 is 0 Å². The van der Waals surface area contributed by atoms with E-state index in [0.717, 1.165) is 33.3 Å². The van der Waals surface area contributed by atoms with Crippen LogP contribution in [0.25, 0.3) is 16.5 Å². The third-order valence-electron chi connectivity index (χ3n) is 7.05. The summed E-state index contributed by atoms with van der Waals surface area (Å²) in [6.07, 6.45) is 3.16. The van der Waals surface area contributed by atoms with Crippen molar-refractivity contribution < 1.29 is 9.59 Å². The number of rotatable bonds is 5. The molecule has 0 radical (unpaired) electrons. The Bertz CT molecular complexity index is 1350. The maximum absolute atomic E-state index is 13.2. The molecular formula is C29H30N4O2. The van der Waals surface area contributed by atoms with Crippen LogP contribution < -0.4 is 5.32 Å². The van der Waals surface area contributed by atoms with Crippen molar-refractivity contribution in [3.63, 3.8) is 0 Å². The van der Waals surface area contributed by atoms with Gasteiger partial charge >= 0.3 is 0 Å². The number of nitrogens with one attached hydrogen (secondary N) is 1. The van der Waals surface area contributed by atoms with Gasteiger partial charge in [-0.3, -0.25) is 9.59 Å². The number of carbonyl (C=O) groups excluding carboxylic acids is 2. The van der Waals surface area contributed by atoms with Crippen LogP contribution >= 0.6 is 0 Å². The Morgan fingerprint density at radius 2 is 1.63 bits per heavy atom. The number of para-hydroxylation sites is 1. The molecule has 1 fully saturated rings. The molecule has 6 heteroatoms. The molecule has 4 aromatic rings. The largest absolute Gasteiger partial charge is 0.349 e. The number of amides is 2. The summed E-state index contributed by atoms with van der Waals surface area (Å²) in [4.78, 5) is 28.2. The summed E-state index contributed by atoms with van der Waals surface area (Å²) in [6, 6.07) is 23.6. The van der Waals surface area contributed by atoms with Crippen molar-refractivity contribution in [2.24, 2.45) is 5.92 Å². The predicted molar refractivity (Wildman–Crippen MR) is 137 cm³/mol. The minimum atomic E-state index is -0.143. The third-order valence-corrected chi connectivity index (χ3v) is 7.05. The Morgan fingerprint density at radius 1 is 0.943 bits per heavy atom. The van der Waals surface area contributed by atoms with Gasteiger partial charge in [0.25, 0.3) is 5.91 Å². The lowest BCUT2D eigenvalue weighted by Crippen LogP contribution is -2.43. The van der Waals surface area contributed by atoms with Gasteiger partial charge in [-0.25, -0.2) is 4.68 Å². The number of likely N-dealkylation sites (tertiary alicyclic amines) is 1. The number of hydrogen-bond acceptors (Lipinski definition) is 3. The van der Waals surface area contributed by atoms with Crippen molar-refractivity contribution in [3.05, 3.63) is 95.8 Å². The molecule has 1 aromatic heterocycles. The van der Waals surface area contributed by atoms with Gasteiger partial charge in [-0.15, -0.1) is 0 Å². The van der Waals surface area contributed by atoms with Gasteiger partial charge in [-0.05, 0) is 55.7 Å². The Kier molecular flexibility index (Phi) is 6.36. The first-order valence-corrected chi connectivity index (χ1v) is 12.2. The summed E-state index contributed by atoms with van der Waals surface area (Å²) in [5.74, 6) is -0.0157. The average molecular weight is 467 g/mol. The van der Waals surface area contributed by atoms with Gasteiger partial charge in [0.15, 0.2) is 0 Å². The second-order valence-electron chi connectivity index (χ2n) is 9.26. The number of piperidine rings is 1. The second kappa shape index (κ2) is 9.74. The first-order chi connectivity index (χ1) is 17.0. The molecule has 1 aliphatic heterocycles. The third kappa shape index (κ3) is 4.56. The average Bonchev–Trinajstić information content (AvgIpc) is 3.29. The Hall–Kier alpha value is -3.93. The van der Waals surface area contributed by atoms with Crippen molar-refractivity contribution in [1.29, 1.82) is 0 Å². The van der Waals surface area contributed by atoms with Gasteiger partial charge in [-0.2, -0.15) is 5.10 Å². The lowest BCUT2D eigenvalue weighted by Gasteiger charge is -2.32. The van der Waals surface area contributed by atoms with E-state index in [-0.39, 0.29) is 23.8 Å². The first kappa shape index (κ1) is 22.8. The Labute approximate surface area is 205 Å². The van der Waals surface area contributed by atoms with E-state index in [1.807, 2.05) is 102 Å². The van der Waals surface area contributed by atoms with Crippen LogP contribution in [0.3, 0.4) is 0 Å². The van der Waals surface area contributed by atoms with E-state index in [0.29, 0.717) is 25.9 Å². The van der Waals surface area contributed by atoms with Crippen LogP contribution in [-0.4, -0.2) is 39.6 Å². The van der Waals surface area contributed by atoms with Gasteiger partial charge in [0, 0.05) is 35.8 Å². The Balaban J connectivity index is 1.20. The van der Waals surface area contributed by atoms with Crippen LogP contribution in [0.5, 0.6) is 0 Å². The van der Waals surface area contributed by atoms with Gasteiger partial charge in [-0.1, -0.05) is 54.6 Å². The number of carbonyl (C=O) groups is 2. The van der Waals surface area contributed by atoms with Crippen LogP contribution in [0.2, 0.25) is 0 Å². The fraction of sp³-hybridized carbons (Fsp3) is 0.276. The molecule has 5 rings (SSSR count). The minimum absolute atomic E-state index is 0.0398. The molecule has 1 N–H and O–H groups in total. The normalized spacial score (nSPS) is 15.2. The topological polar surface area (TPSA) is 67.2 Å². The summed E-state index contributed by atoms with van der Waals surface area (Å²) in [5.41, 5.74) is 3.74. The van der Waals surface area contributed by atoms with Crippen molar-refractivity contribution in [3.8, 4) is 5.69 Å². The SMILES string of the molecule is Cc1c(C(C)NC(=O)C2CCN(C(=O)c3cccc4ccccc34)CC2)cnn1-c1ccccc1. The standard InChI is InChI=1S/C29H30N4O2/c1-20(27-19-30-33(21(27)2)24-11-4-3-5-12-24)31-28(34)23-15-17-32(18-16-23)29(35)26-14-8-10-22-9-6-7-13-25(22)26/h3-14,19-20,23H,15-18H2,1-2H3,(H,31,34). The van der Waals surface area contributed by atoms with Gasteiger partial charge in [0.05, 0.1) is 17.9 Å². The van der Waals surface area contributed by atoms with Crippen molar-refractivity contribution in [2.75, 3.05) is 13.1 Å². The first-order valence-electron chi connectivity index (χ1n) is 12.2. The monoisotopic (exact) mass is 466 g/mol. The molecule has 0 saturated carbocycles. The van der Waals surface area contributed by atoms with Crippen LogP contribution in [-0.2, 0) is 4.79 Å². The molecule has 6 nitrogen and oxygen atoms in total. The van der Waals surface area contributed by atoms with Crippen molar-refractivity contribution in [2.45, 2.75) is 32.7 Å². The highest BCUT2D eigenvalue weighted by molar-refractivity contribution is 6.07. The van der Waals surface area contributed by atoms with E-state index in [2.05, 4.69) is 10.4 Å². The summed E-state index contributed by atoms with van der Waals surface area (Å²) in [7, 11) is 0. The van der Waals surface area contributed by atoms with E-state index in [4.69, 9.17) is 0 Å². The van der Waals surface area contributed by atoms with Crippen LogP contribution in [0.4, 0.5) is 0 Å². The second-order valence-corrected chi connectivity index (χ2v) is 9.26. The van der Waals surface area contributed by atoms with E-state index in [1.54, 1.807) is 0 Å². The number of benzene rings is 3. The quantitative estimate of drug-likeness (QED) is 0.447. The van der Waals surface area contributed by atoms with Gasteiger partial charge in [0.2, 0.25) is 5.91 Å². The molecule has 1 atom stereocenters. The van der Waals surface area contributed by atoms with Crippen molar-refractivity contribution >= 4 is 22.6 Å². The summed E-state index contributed by atoms with van der Waals surface area (Å²) in [5, 5.41) is 9.74. The molecule has 1 unspecified atom stereocenters. The minimum Gasteiger partial charge on any atom is -0.349 e. The van der Waals surface area contributed by atoms with Crippen molar-refractivity contribution in [1.82, 2.24) is 20.0 Å². The van der Waals surface area contributed by atoms with Crippen LogP contribution in [0, 0.1) is 12.8 Å². The van der Waals surface area contributed by atoms with Gasteiger partial charge in [0.1, 0.15) is 0 Å². The fourth-order valence-corrected chi connectivity index (χ4v) is 5.01. The fourth-order valence-electron chi connectivity index (χ4n) is 5.01. The zero-order valence-electron chi connectivity index (χ0n) is 20.1. The predicted octanol–water partition coefficient (Wildman–Crippen LogP) is 5.06. The van der Waals surface area contributed by atoms with Crippen LogP contribution in [0.1, 0.15) is 47.4 Å². The molecular weight excluding hydrogens is 436 g/mol. The number of nitrogens with zero attached hydrogens (tertiary/aromatic N) is 3. The molecule has 3 aromatic carbocycles. The number of fused-ring (bicyclic) bond motifs is 1. The smallest absolute Gasteiger partial charge is 0.254 e. The van der Waals surface area contributed by atoms with Gasteiger partial charge < -0.3 is 10.2 Å². The maximum Gasteiger partial charge on any atom is 0.254 e. The highest BCUT2D eigenvalue weighted by Crippen LogP contribution is 2.25. The zero-order chi connectivity index (χ0) is 24.4. The highest BCUT2D eigenvalue weighted by atomic mass is 16.2. The number of hydrogen-bond donors (Lipinski definition) is 1. The number of aromatic nitrogens is 2. The van der Waals surface area contributed by atoms with E-state index in [9.17, 15) is 9.59 Å². The molecule has 178 valence electrons. The van der Waals surface area contributed by atoms with E-state index in [1.165, 1.54) is 0 Å². The molecule has 0 bridgehead atoms. The maximum atomic E-state index is 13.2. The molecule has 0 spiro atoms. The molecule has 35 heavy (non-hydrogen) atoms. The molecule has 0 aliphatic carbocycles. The lowest BCUT2D eigenvalue weighted by molar-refractivity contribution is -0.127. The van der Waals surface area contributed by atoms with Crippen LogP contribution in [0.15, 0.2) is 79.0 Å². The zero-order valence-corrected chi connectivity index (χ0v) is 20.1.